The lowest BCUT2D eigenvalue weighted by Crippen LogP contribution is -2.32. The summed E-state index contributed by atoms with van der Waals surface area (Å²) in [5.74, 6) is 0. The number of ether oxygens (including phenoxy) is 1. The van der Waals surface area contributed by atoms with Crippen LogP contribution in [-0.4, -0.2) is 16.0 Å². The van der Waals surface area contributed by atoms with E-state index in [1.54, 1.807) is 0 Å². The maximum atomic E-state index is 5.90. The van der Waals surface area contributed by atoms with Crippen LogP contribution in [0, 0.1) is 0 Å². The van der Waals surface area contributed by atoms with Gasteiger partial charge in [0, 0.05) is 4.32 Å². The molecule has 0 saturated carbocycles. The van der Waals surface area contributed by atoms with Crippen LogP contribution in [0.3, 0.4) is 0 Å². The van der Waals surface area contributed by atoms with E-state index in [4.69, 9.17) is 4.74 Å². The molecule has 2 atom stereocenters. The van der Waals surface area contributed by atoms with E-state index in [1.807, 2.05) is 6.08 Å². The summed E-state index contributed by atoms with van der Waals surface area (Å²) in [7, 11) is 0. The SMILES string of the molecule is C=C[C@]1(C)CCC(C(C)(C)Br)O1. The van der Waals surface area contributed by atoms with E-state index in [-0.39, 0.29) is 9.93 Å². The molecule has 2 heteroatoms. The Hall–Kier alpha value is 0.180. The van der Waals surface area contributed by atoms with E-state index >= 15 is 0 Å². The average molecular weight is 233 g/mol. The second-order valence-corrected chi connectivity index (χ2v) is 6.27. The predicted octanol–water partition coefficient (Wildman–Crippen LogP) is 3.28. The predicted molar refractivity (Wildman–Crippen MR) is 55.7 cm³/mol. The molecule has 0 aromatic rings. The van der Waals surface area contributed by atoms with Crippen LogP contribution in [0.5, 0.6) is 0 Å². The van der Waals surface area contributed by atoms with Crippen LogP contribution in [0.1, 0.15) is 33.6 Å². The largest absolute Gasteiger partial charge is 0.367 e. The van der Waals surface area contributed by atoms with Crippen molar-refractivity contribution in [3.05, 3.63) is 12.7 Å². The Morgan fingerprint density at radius 1 is 1.67 bits per heavy atom. The fourth-order valence-corrected chi connectivity index (χ4v) is 1.82. The van der Waals surface area contributed by atoms with Crippen LogP contribution in [0.15, 0.2) is 12.7 Å². The fraction of sp³-hybridized carbons (Fsp3) is 0.800. The van der Waals surface area contributed by atoms with Crippen molar-refractivity contribution >= 4 is 15.9 Å². The summed E-state index contributed by atoms with van der Waals surface area (Å²) >= 11 is 3.63. The van der Waals surface area contributed by atoms with Crippen molar-refractivity contribution in [2.45, 2.75) is 49.6 Å². The third-order valence-corrected chi connectivity index (χ3v) is 3.02. The summed E-state index contributed by atoms with van der Waals surface area (Å²) in [6, 6.07) is 0. The Kier molecular flexibility index (Phi) is 2.69. The topological polar surface area (TPSA) is 9.23 Å². The highest BCUT2D eigenvalue weighted by Gasteiger charge is 2.40. The van der Waals surface area contributed by atoms with Gasteiger partial charge in [0.25, 0.3) is 0 Å². The Balaban J connectivity index is 2.63. The molecule has 70 valence electrons. The molecule has 0 radical (unpaired) electrons. The summed E-state index contributed by atoms with van der Waals surface area (Å²) in [5, 5.41) is 0. The minimum Gasteiger partial charge on any atom is -0.367 e. The summed E-state index contributed by atoms with van der Waals surface area (Å²) in [6.07, 6.45) is 4.41. The van der Waals surface area contributed by atoms with Crippen LogP contribution in [0.2, 0.25) is 0 Å². The van der Waals surface area contributed by atoms with E-state index < -0.39 is 0 Å². The van der Waals surface area contributed by atoms with Crippen LogP contribution < -0.4 is 0 Å². The first-order valence-electron chi connectivity index (χ1n) is 4.38. The van der Waals surface area contributed by atoms with Gasteiger partial charge in [-0.2, -0.15) is 0 Å². The second kappa shape index (κ2) is 3.15. The van der Waals surface area contributed by atoms with Gasteiger partial charge in [0.1, 0.15) is 0 Å². The highest BCUT2D eigenvalue weighted by atomic mass is 79.9. The van der Waals surface area contributed by atoms with Crippen molar-refractivity contribution in [3.63, 3.8) is 0 Å². The van der Waals surface area contributed by atoms with Gasteiger partial charge in [0.2, 0.25) is 0 Å². The molecule has 0 aromatic carbocycles. The molecule has 1 aliphatic heterocycles. The zero-order valence-corrected chi connectivity index (χ0v) is 9.65. The fourth-order valence-electron chi connectivity index (χ4n) is 1.49. The summed E-state index contributed by atoms with van der Waals surface area (Å²) in [5.41, 5.74) is -0.101. The Morgan fingerprint density at radius 2 is 2.25 bits per heavy atom. The summed E-state index contributed by atoms with van der Waals surface area (Å²) < 4.78 is 5.97. The minimum absolute atomic E-state index is 0.0772. The lowest BCUT2D eigenvalue weighted by atomic mass is 10.00. The van der Waals surface area contributed by atoms with Crippen LogP contribution in [0.25, 0.3) is 0 Å². The number of hydrogen-bond acceptors (Lipinski definition) is 1. The minimum atomic E-state index is -0.101. The zero-order chi connectivity index (χ0) is 9.41. The third-order valence-electron chi connectivity index (χ3n) is 2.51. The van der Waals surface area contributed by atoms with E-state index in [0.717, 1.165) is 12.8 Å². The highest BCUT2D eigenvalue weighted by Crippen LogP contribution is 2.39. The van der Waals surface area contributed by atoms with Crippen LogP contribution in [0.4, 0.5) is 0 Å². The third kappa shape index (κ3) is 2.11. The van der Waals surface area contributed by atoms with Gasteiger partial charge >= 0.3 is 0 Å². The first-order valence-corrected chi connectivity index (χ1v) is 5.17. The molecule has 1 nitrogen and oxygen atoms in total. The van der Waals surface area contributed by atoms with Crippen molar-refractivity contribution in [1.29, 1.82) is 0 Å². The van der Waals surface area contributed by atoms with Crippen LogP contribution in [-0.2, 0) is 4.74 Å². The lowest BCUT2D eigenvalue weighted by Gasteiger charge is -2.27. The Labute approximate surface area is 83.3 Å². The van der Waals surface area contributed by atoms with E-state index in [0.29, 0.717) is 6.10 Å². The number of rotatable bonds is 2. The molecule has 12 heavy (non-hydrogen) atoms. The molecule has 1 unspecified atom stereocenters. The van der Waals surface area contributed by atoms with Gasteiger partial charge in [-0.3, -0.25) is 0 Å². The molecule has 1 heterocycles. The molecule has 1 fully saturated rings. The van der Waals surface area contributed by atoms with Gasteiger partial charge in [-0.1, -0.05) is 22.0 Å². The second-order valence-electron chi connectivity index (χ2n) is 4.23. The summed E-state index contributed by atoms with van der Waals surface area (Å²) in [4.78, 5) is 0. The molecule has 0 amide bonds. The monoisotopic (exact) mass is 232 g/mol. The zero-order valence-electron chi connectivity index (χ0n) is 8.06. The summed E-state index contributed by atoms with van der Waals surface area (Å²) in [6.45, 7) is 10.2. The van der Waals surface area contributed by atoms with E-state index in [1.165, 1.54) is 0 Å². The standard InChI is InChI=1S/C10H17BrO/c1-5-10(4)7-6-8(12-10)9(2,3)11/h5,8H,1,6-7H2,2-4H3/t8?,10-/m1/s1. The number of alkyl halides is 1. The van der Waals surface area contributed by atoms with Crippen molar-refractivity contribution in [2.24, 2.45) is 0 Å². The van der Waals surface area contributed by atoms with Gasteiger partial charge < -0.3 is 4.74 Å². The number of halogens is 1. The molecule has 0 spiro atoms. The Morgan fingerprint density at radius 3 is 2.50 bits per heavy atom. The molecule has 0 aromatic heterocycles. The lowest BCUT2D eigenvalue weighted by molar-refractivity contribution is -0.00683. The molecule has 1 saturated heterocycles. The normalized spacial score (nSPS) is 36.8. The molecular formula is C10H17BrO. The van der Waals surface area contributed by atoms with Gasteiger partial charge in [-0.25, -0.2) is 0 Å². The Bertz CT molecular complexity index is 183. The molecule has 0 N–H and O–H groups in total. The molecular weight excluding hydrogens is 216 g/mol. The van der Waals surface area contributed by atoms with Gasteiger partial charge in [-0.15, -0.1) is 6.58 Å². The molecule has 1 aliphatic rings. The van der Waals surface area contributed by atoms with Crippen molar-refractivity contribution in [2.75, 3.05) is 0 Å². The quantitative estimate of drug-likeness (QED) is 0.525. The van der Waals surface area contributed by atoms with E-state index in [2.05, 4.69) is 43.3 Å². The van der Waals surface area contributed by atoms with Crippen molar-refractivity contribution in [3.8, 4) is 0 Å². The smallest absolute Gasteiger partial charge is 0.0837 e. The highest BCUT2D eigenvalue weighted by molar-refractivity contribution is 9.10. The van der Waals surface area contributed by atoms with Crippen molar-refractivity contribution in [1.82, 2.24) is 0 Å². The average Bonchev–Trinajstić information content (AvgIpc) is 2.32. The van der Waals surface area contributed by atoms with Crippen molar-refractivity contribution < 1.29 is 4.74 Å². The number of hydrogen-bond donors (Lipinski definition) is 0. The first-order chi connectivity index (χ1) is 5.37. The van der Waals surface area contributed by atoms with Gasteiger partial charge in [-0.05, 0) is 33.6 Å². The maximum absolute atomic E-state index is 5.90. The van der Waals surface area contributed by atoms with E-state index in [9.17, 15) is 0 Å². The molecule has 1 rings (SSSR count). The molecule has 0 bridgehead atoms. The van der Waals surface area contributed by atoms with Gasteiger partial charge in [0.05, 0.1) is 11.7 Å². The van der Waals surface area contributed by atoms with Crippen LogP contribution >= 0.6 is 15.9 Å². The molecule has 0 aliphatic carbocycles. The van der Waals surface area contributed by atoms with Gasteiger partial charge in [0.15, 0.2) is 0 Å². The maximum Gasteiger partial charge on any atom is 0.0837 e. The first kappa shape index (κ1) is 10.3.